The minimum Gasteiger partial charge on any atom is -0.338 e. The molecule has 0 aliphatic heterocycles. The number of amides is 1. The molecule has 0 aliphatic carbocycles. The van der Waals surface area contributed by atoms with Gasteiger partial charge in [-0.25, -0.2) is 9.97 Å². The van der Waals surface area contributed by atoms with Crippen LogP contribution in [0.15, 0.2) is 73.4 Å². The van der Waals surface area contributed by atoms with Crippen LogP contribution in [0.4, 0.5) is 5.69 Å². The number of hydrogen-bond donors (Lipinski definition) is 3. The van der Waals surface area contributed by atoms with Crippen molar-refractivity contribution < 1.29 is 4.79 Å². The van der Waals surface area contributed by atoms with Crippen molar-refractivity contribution in [2.45, 2.75) is 27.2 Å². The quantitative estimate of drug-likeness (QED) is 0.265. The first-order valence-electron chi connectivity index (χ1n) is 12.3. The summed E-state index contributed by atoms with van der Waals surface area (Å²) in [6.07, 6.45) is 9.15. The van der Waals surface area contributed by atoms with Crippen LogP contribution in [0.3, 0.4) is 0 Å². The number of aromatic amines is 2. The topological polar surface area (TPSA) is 125 Å². The van der Waals surface area contributed by atoms with Gasteiger partial charge < -0.3 is 10.3 Å². The number of nitrogens with one attached hydrogen (secondary N) is 3. The van der Waals surface area contributed by atoms with E-state index >= 15 is 0 Å². The van der Waals surface area contributed by atoms with E-state index in [4.69, 9.17) is 4.98 Å². The zero-order valence-electron chi connectivity index (χ0n) is 21.3. The molecule has 0 fully saturated rings. The first-order valence-corrected chi connectivity index (χ1v) is 12.3. The second-order valence-corrected chi connectivity index (χ2v) is 10.5. The minimum atomic E-state index is -0.101. The van der Waals surface area contributed by atoms with Gasteiger partial charge >= 0.3 is 0 Å². The molecule has 6 aromatic heterocycles. The molecule has 3 N–H and O–H groups in total. The van der Waals surface area contributed by atoms with E-state index in [-0.39, 0.29) is 11.3 Å². The van der Waals surface area contributed by atoms with E-state index in [0.717, 1.165) is 50.1 Å². The lowest BCUT2D eigenvalue weighted by Gasteiger charge is -2.17. The highest BCUT2D eigenvalue weighted by atomic mass is 16.1. The second-order valence-electron chi connectivity index (χ2n) is 10.5. The van der Waals surface area contributed by atoms with Crippen LogP contribution in [0.25, 0.3) is 55.8 Å². The SMILES string of the molecule is CC(C)(C)CC(=O)Nc1cncc(-c2ccc3[nH]nc(-c4cc5c(-c6ccncc6)ccnc5[nH]4)c3n2)c1. The number of aromatic nitrogens is 7. The lowest BCUT2D eigenvalue weighted by molar-refractivity contribution is -0.117. The maximum Gasteiger partial charge on any atom is 0.224 e. The van der Waals surface area contributed by atoms with Gasteiger partial charge in [0.15, 0.2) is 0 Å². The van der Waals surface area contributed by atoms with E-state index in [2.05, 4.69) is 41.5 Å². The predicted octanol–water partition coefficient (Wildman–Crippen LogP) is 6.00. The Kier molecular flexibility index (Phi) is 5.68. The fourth-order valence-electron chi connectivity index (χ4n) is 4.52. The molecule has 9 nitrogen and oxygen atoms in total. The molecule has 0 aromatic carbocycles. The molecule has 0 saturated heterocycles. The first kappa shape index (κ1) is 23.5. The smallest absolute Gasteiger partial charge is 0.224 e. The molecular formula is C29H26N8O. The fourth-order valence-corrected chi connectivity index (χ4v) is 4.52. The first-order chi connectivity index (χ1) is 18.3. The average molecular weight is 503 g/mol. The third-order valence-corrected chi connectivity index (χ3v) is 6.19. The molecule has 188 valence electrons. The summed E-state index contributed by atoms with van der Waals surface area (Å²) in [6.45, 7) is 6.10. The number of pyridine rings is 4. The maximum absolute atomic E-state index is 12.4. The third kappa shape index (κ3) is 4.61. The number of rotatable bonds is 5. The molecule has 6 heterocycles. The van der Waals surface area contributed by atoms with Crippen molar-refractivity contribution in [1.29, 1.82) is 0 Å². The molecule has 0 aliphatic rings. The largest absolute Gasteiger partial charge is 0.338 e. The second kappa shape index (κ2) is 9.19. The molecule has 0 atom stereocenters. The Labute approximate surface area is 218 Å². The summed E-state index contributed by atoms with van der Waals surface area (Å²) < 4.78 is 0. The van der Waals surface area contributed by atoms with Crippen molar-refractivity contribution in [3.05, 3.63) is 73.4 Å². The van der Waals surface area contributed by atoms with Crippen LogP contribution >= 0.6 is 0 Å². The molecule has 0 bridgehead atoms. The minimum absolute atomic E-state index is 0.0458. The summed E-state index contributed by atoms with van der Waals surface area (Å²) in [4.78, 5) is 33.7. The Morgan fingerprint density at radius 2 is 1.79 bits per heavy atom. The van der Waals surface area contributed by atoms with Crippen LogP contribution in [0, 0.1) is 5.41 Å². The zero-order valence-corrected chi connectivity index (χ0v) is 21.3. The Hall–Kier alpha value is -4.92. The van der Waals surface area contributed by atoms with Crippen LogP contribution in [-0.2, 0) is 4.79 Å². The Morgan fingerprint density at radius 1 is 0.947 bits per heavy atom. The highest BCUT2D eigenvalue weighted by Gasteiger charge is 2.18. The van der Waals surface area contributed by atoms with Gasteiger partial charge in [0.1, 0.15) is 16.9 Å². The van der Waals surface area contributed by atoms with Crippen molar-refractivity contribution in [1.82, 2.24) is 35.1 Å². The average Bonchev–Trinajstić information content (AvgIpc) is 3.51. The summed E-state index contributed by atoms with van der Waals surface area (Å²) in [5.41, 5.74) is 8.00. The number of fused-ring (bicyclic) bond motifs is 2. The molecule has 6 rings (SSSR count). The lowest BCUT2D eigenvalue weighted by atomic mass is 9.92. The summed E-state index contributed by atoms with van der Waals surface area (Å²) >= 11 is 0. The third-order valence-electron chi connectivity index (χ3n) is 6.19. The van der Waals surface area contributed by atoms with E-state index in [0.29, 0.717) is 17.8 Å². The Morgan fingerprint density at radius 3 is 2.61 bits per heavy atom. The number of anilines is 1. The number of hydrogen-bond acceptors (Lipinski definition) is 6. The Bertz CT molecular complexity index is 1780. The molecule has 1 amide bonds. The van der Waals surface area contributed by atoms with E-state index < -0.39 is 0 Å². The number of nitrogens with zero attached hydrogens (tertiary/aromatic N) is 5. The fraction of sp³-hybridized carbons (Fsp3) is 0.172. The van der Waals surface area contributed by atoms with E-state index in [9.17, 15) is 4.79 Å². The summed E-state index contributed by atoms with van der Waals surface area (Å²) in [5, 5.41) is 11.6. The van der Waals surface area contributed by atoms with Crippen LogP contribution in [-0.4, -0.2) is 41.0 Å². The van der Waals surface area contributed by atoms with Gasteiger partial charge in [-0.3, -0.25) is 19.9 Å². The molecule has 0 unspecified atom stereocenters. The van der Waals surface area contributed by atoms with E-state index in [1.54, 1.807) is 31.0 Å². The van der Waals surface area contributed by atoms with Gasteiger partial charge in [0.2, 0.25) is 5.91 Å². The van der Waals surface area contributed by atoms with E-state index in [1.807, 2.05) is 57.2 Å². The summed E-state index contributed by atoms with van der Waals surface area (Å²) in [6, 6.07) is 13.7. The van der Waals surface area contributed by atoms with Crippen LogP contribution < -0.4 is 5.32 Å². The van der Waals surface area contributed by atoms with Gasteiger partial charge in [-0.2, -0.15) is 5.10 Å². The van der Waals surface area contributed by atoms with Crippen molar-refractivity contribution in [2.75, 3.05) is 5.32 Å². The van der Waals surface area contributed by atoms with Crippen LogP contribution in [0.5, 0.6) is 0 Å². The van der Waals surface area contributed by atoms with Gasteiger partial charge in [0.05, 0.1) is 28.8 Å². The molecule has 0 saturated carbocycles. The van der Waals surface area contributed by atoms with Gasteiger partial charge in [0, 0.05) is 42.2 Å². The molecule has 0 radical (unpaired) electrons. The molecule has 9 heteroatoms. The highest BCUT2D eigenvalue weighted by Crippen LogP contribution is 2.33. The number of H-pyrrole nitrogens is 2. The molecule has 0 spiro atoms. The summed E-state index contributed by atoms with van der Waals surface area (Å²) in [7, 11) is 0. The highest BCUT2D eigenvalue weighted by molar-refractivity contribution is 5.99. The number of carbonyl (C=O) groups is 1. The van der Waals surface area contributed by atoms with E-state index in [1.165, 1.54) is 0 Å². The molecule has 6 aromatic rings. The maximum atomic E-state index is 12.4. The standard InChI is InChI=1S/C29H26N8O/c1-29(2,3)14-25(38)33-19-12-18(15-31-16-19)22-4-5-23-26(34-22)27(37-36-23)24-13-21-20(8-11-32-28(21)35-24)17-6-9-30-10-7-17/h4-13,15-16H,14H2,1-3H3,(H,32,35)(H,33,38)(H,36,37). The van der Waals surface area contributed by atoms with Gasteiger partial charge in [-0.15, -0.1) is 0 Å². The zero-order chi connectivity index (χ0) is 26.3. The number of carbonyl (C=O) groups excluding carboxylic acids is 1. The summed E-state index contributed by atoms with van der Waals surface area (Å²) in [5.74, 6) is -0.0458. The van der Waals surface area contributed by atoms with Crippen molar-refractivity contribution in [3.63, 3.8) is 0 Å². The molecular weight excluding hydrogens is 476 g/mol. The Balaban J connectivity index is 1.36. The van der Waals surface area contributed by atoms with Crippen molar-refractivity contribution in [3.8, 4) is 33.8 Å². The van der Waals surface area contributed by atoms with Crippen molar-refractivity contribution in [2.24, 2.45) is 5.41 Å². The molecule has 38 heavy (non-hydrogen) atoms. The monoisotopic (exact) mass is 502 g/mol. The van der Waals surface area contributed by atoms with Gasteiger partial charge in [-0.05, 0) is 59.0 Å². The van der Waals surface area contributed by atoms with Crippen molar-refractivity contribution >= 4 is 33.7 Å². The van der Waals surface area contributed by atoms with Crippen LogP contribution in [0.1, 0.15) is 27.2 Å². The normalized spacial score (nSPS) is 11.8. The predicted molar refractivity (Wildman–Crippen MR) is 148 cm³/mol. The van der Waals surface area contributed by atoms with Gasteiger partial charge in [-0.1, -0.05) is 20.8 Å². The van der Waals surface area contributed by atoms with Crippen LogP contribution in [0.2, 0.25) is 0 Å². The lowest BCUT2D eigenvalue weighted by Crippen LogP contribution is -2.19. The van der Waals surface area contributed by atoms with Gasteiger partial charge in [0.25, 0.3) is 0 Å².